The Balaban J connectivity index is 1.89. The number of benzene rings is 2. The maximum absolute atomic E-state index is 12.0. The number of aliphatic hydroxyl groups excluding tert-OH is 1. The molecule has 1 amide bonds. The number of ether oxygens (including phenoxy) is 2. The molecule has 0 saturated heterocycles. The van der Waals surface area contributed by atoms with E-state index in [4.69, 9.17) is 15.2 Å². The zero-order valence-corrected chi connectivity index (χ0v) is 16.0. The summed E-state index contributed by atoms with van der Waals surface area (Å²) in [6.45, 7) is 0. The van der Waals surface area contributed by atoms with Gasteiger partial charge in [0.25, 0.3) is 0 Å². The predicted molar refractivity (Wildman–Crippen MR) is 108 cm³/mol. The van der Waals surface area contributed by atoms with Crippen LogP contribution in [0.25, 0.3) is 0 Å². The van der Waals surface area contributed by atoms with E-state index in [1.807, 2.05) is 0 Å². The highest BCUT2D eigenvalue weighted by Crippen LogP contribution is 2.31. The van der Waals surface area contributed by atoms with Crippen molar-refractivity contribution < 1.29 is 24.5 Å². The largest absolute Gasteiger partial charge is 0.504 e. The molecule has 2 atom stereocenters. The summed E-state index contributed by atoms with van der Waals surface area (Å²) >= 11 is 0. The van der Waals surface area contributed by atoms with Crippen LogP contribution in [0.4, 0.5) is 11.4 Å². The Morgan fingerprint density at radius 1 is 1.25 bits per heavy atom. The van der Waals surface area contributed by atoms with E-state index < -0.39 is 12.2 Å². The van der Waals surface area contributed by atoms with E-state index >= 15 is 0 Å². The number of nitrogen functional groups attached to an aromatic ring is 1. The van der Waals surface area contributed by atoms with Gasteiger partial charge in [0.2, 0.25) is 5.91 Å². The van der Waals surface area contributed by atoms with Gasteiger partial charge in [-0.2, -0.15) is 0 Å². The second-order valence-electron chi connectivity index (χ2n) is 6.21. The smallest absolute Gasteiger partial charge is 0.248 e. The molecule has 0 heterocycles. The molecule has 2 aromatic carbocycles. The summed E-state index contributed by atoms with van der Waals surface area (Å²) in [4.78, 5) is 12.0. The van der Waals surface area contributed by atoms with Crippen molar-refractivity contribution in [1.82, 2.24) is 0 Å². The molecule has 7 nitrogen and oxygen atoms in total. The fraction of sp³-hybridized carbons (Fsp3) is 0.286. The summed E-state index contributed by atoms with van der Waals surface area (Å²) in [5.41, 5.74) is 7.36. The SMILES string of the molecule is COc1ccc([C@H](O)[C@H](CC/C=C/C(=O)Nc2ccccc2N)OC)cc1O. The van der Waals surface area contributed by atoms with E-state index in [0.29, 0.717) is 35.5 Å². The molecule has 0 aliphatic heterocycles. The number of rotatable bonds is 9. The summed E-state index contributed by atoms with van der Waals surface area (Å²) in [6.07, 6.45) is 2.72. The first-order valence-electron chi connectivity index (χ1n) is 8.86. The number of amides is 1. The Hall–Kier alpha value is -3.03. The third-order valence-corrected chi connectivity index (χ3v) is 4.31. The van der Waals surface area contributed by atoms with Gasteiger partial charge in [0.15, 0.2) is 11.5 Å². The van der Waals surface area contributed by atoms with Crippen molar-refractivity contribution in [2.45, 2.75) is 25.0 Å². The first kappa shape index (κ1) is 21.3. The van der Waals surface area contributed by atoms with Crippen LogP contribution in [0.15, 0.2) is 54.6 Å². The maximum Gasteiger partial charge on any atom is 0.248 e. The van der Waals surface area contributed by atoms with Crippen LogP contribution >= 0.6 is 0 Å². The number of hydrogen-bond donors (Lipinski definition) is 4. The number of phenolic OH excluding ortho intramolecular Hbond substituents is 1. The van der Waals surface area contributed by atoms with Crippen LogP contribution in [-0.4, -0.2) is 36.4 Å². The molecule has 2 rings (SSSR count). The lowest BCUT2D eigenvalue weighted by Gasteiger charge is -2.22. The number of aromatic hydroxyl groups is 1. The van der Waals surface area contributed by atoms with Crippen molar-refractivity contribution in [2.24, 2.45) is 0 Å². The predicted octanol–water partition coefficient (Wildman–Crippen LogP) is 3.01. The molecule has 0 radical (unpaired) electrons. The fourth-order valence-electron chi connectivity index (χ4n) is 2.75. The van der Waals surface area contributed by atoms with Crippen molar-refractivity contribution >= 4 is 17.3 Å². The lowest BCUT2D eigenvalue weighted by molar-refractivity contribution is -0.111. The van der Waals surface area contributed by atoms with E-state index in [-0.39, 0.29) is 11.7 Å². The highest BCUT2D eigenvalue weighted by Gasteiger charge is 2.21. The highest BCUT2D eigenvalue weighted by molar-refractivity contribution is 6.01. The molecule has 0 bridgehead atoms. The van der Waals surface area contributed by atoms with Crippen LogP contribution in [0.3, 0.4) is 0 Å². The molecule has 28 heavy (non-hydrogen) atoms. The van der Waals surface area contributed by atoms with Gasteiger partial charge in [-0.25, -0.2) is 0 Å². The topological polar surface area (TPSA) is 114 Å². The second kappa shape index (κ2) is 10.3. The van der Waals surface area contributed by atoms with E-state index in [1.165, 1.54) is 26.4 Å². The van der Waals surface area contributed by atoms with Gasteiger partial charge in [-0.3, -0.25) is 4.79 Å². The van der Waals surface area contributed by atoms with Crippen molar-refractivity contribution in [1.29, 1.82) is 0 Å². The third-order valence-electron chi connectivity index (χ3n) is 4.31. The van der Waals surface area contributed by atoms with Gasteiger partial charge in [-0.15, -0.1) is 0 Å². The Morgan fingerprint density at radius 2 is 2.00 bits per heavy atom. The lowest BCUT2D eigenvalue weighted by Crippen LogP contribution is -2.20. The first-order valence-corrected chi connectivity index (χ1v) is 8.86. The average Bonchev–Trinajstić information content (AvgIpc) is 2.69. The number of allylic oxidation sites excluding steroid dienone is 1. The molecular formula is C21H26N2O5. The molecular weight excluding hydrogens is 360 g/mol. The molecule has 150 valence electrons. The minimum absolute atomic E-state index is 0.0503. The minimum atomic E-state index is -0.923. The summed E-state index contributed by atoms with van der Waals surface area (Å²) in [6, 6.07) is 11.7. The zero-order valence-electron chi connectivity index (χ0n) is 16.0. The van der Waals surface area contributed by atoms with Crippen LogP contribution in [0.1, 0.15) is 24.5 Å². The molecule has 7 heteroatoms. The monoisotopic (exact) mass is 386 g/mol. The number of carbonyl (C=O) groups excluding carboxylic acids is 1. The average molecular weight is 386 g/mol. The Kier molecular flexibility index (Phi) is 7.86. The molecule has 5 N–H and O–H groups in total. The van der Waals surface area contributed by atoms with E-state index in [1.54, 1.807) is 42.5 Å². The van der Waals surface area contributed by atoms with Crippen LogP contribution in [0.5, 0.6) is 11.5 Å². The van der Waals surface area contributed by atoms with Crippen molar-refractivity contribution in [3.63, 3.8) is 0 Å². The van der Waals surface area contributed by atoms with Gasteiger partial charge in [0, 0.05) is 7.11 Å². The van der Waals surface area contributed by atoms with Crippen molar-refractivity contribution in [2.75, 3.05) is 25.3 Å². The number of nitrogens with one attached hydrogen (secondary N) is 1. The number of carbonyl (C=O) groups is 1. The molecule has 0 spiro atoms. The minimum Gasteiger partial charge on any atom is -0.504 e. The van der Waals surface area contributed by atoms with E-state index in [9.17, 15) is 15.0 Å². The third kappa shape index (κ3) is 5.73. The molecule has 2 aromatic rings. The second-order valence-corrected chi connectivity index (χ2v) is 6.21. The molecule has 0 aliphatic carbocycles. The van der Waals surface area contributed by atoms with Gasteiger partial charge >= 0.3 is 0 Å². The van der Waals surface area contributed by atoms with Crippen LogP contribution in [0, 0.1) is 0 Å². The Morgan fingerprint density at radius 3 is 2.64 bits per heavy atom. The van der Waals surface area contributed by atoms with Crippen LogP contribution in [0.2, 0.25) is 0 Å². The number of phenols is 1. The zero-order chi connectivity index (χ0) is 20.5. The van der Waals surface area contributed by atoms with Crippen molar-refractivity contribution in [3.05, 3.63) is 60.2 Å². The van der Waals surface area contributed by atoms with Gasteiger partial charge in [-0.05, 0) is 48.7 Å². The lowest BCUT2D eigenvalue weighted by atomic mass is 10.00. The number of hydrogen-bond acceptors (Lipinski definition) is 6. The molecule has 0 aromatic heterocycles. The standard InChI is InChI=1S/C21H26N2O5/c1-27-18-12-11-14(13-17(18)24)21(26)19(28-2)9-5-6-10-20(25)23-16-8-4-3-7-15(16)22/h3-4,6-8,10-13,19,21,24,26H,5,9,22H2,1-2H3,(H,23,25)/b10-6+/t19-,21-/m0/s1. The van der Waals surface area contributed by atoms with Gasteiger partial charge in [0.05, 0.1) is 24.6 Å². The van der Waals surface area contributed by atoms with E-state index in [0.717, 1.165) is 0 Å². The molecule has 0 unspecified atom stereocenters. The maximum atomic E-state index is 12.0. The normalized spacial score (nSPS) is 13.2. The first-order chi connectivity index (χ1) is 13.5. The van der Waals surface area contributed by atoms with Gasteiger partial charge in [-0.1, -0.05) is 24.3 Å². The summed E-state index contributed by atoms with van der Waals surface area (Å²) < 4.78 is 10.4. The van der Waals surface area contributed by atoms with Gasteiger partial charge in [0.1, 0.15) is 6.10 Å². The molecule has 0 aliphatic rings. The number of para-hydroxylation sites is 2. The number of methoxy groups -OCH3 is 2. The fourth-order valence-corrected chi connectivity index (χ4v) is 2.75. The Labute approximate surface area is 164 Å². The molecule has 0 saturated carbocycles. The van der Waals surface area contributed by atoms with E-state index in [2.05, 4.69) is 5.32 Å². The highest BCUT2D eigenvalue weighted by atomic mass is 16.5. The van der Waals surface area contributed by atoms with Gasteiger partial charge < -0.3 is 30.7 Å². The number of nitrogens with two attached hydrogens (primary N) is 1. The quantitative estimate of drug-likeness (QED) is 0.389. The summed E-state index contributed by atoms with van der Waals surface area (Å²) in [7, 11) is 2.96. The Bertz CT molecular complexity index is 822. The van der Waals surface area contributed by atoms with Crippen molar-refractivity contribution in [3.8, 4) is 11.5 Å². The molecule has 0 fully saturated rings. The number of anilines is 2. The summed E-state index contributed by atoms with van der Waals surface area (Å²) in [5.74, 6) is -0.00365. The van der Waals surface area contributed by atoms with Crippen LogP contribution in [-0.2, 0) is 9.53 Å². The summed E-state index contributed by atoms with van der Waals surface area (Å²) in [5, 5.41) is 23.1. The number of aliphatic hydroxyl groups is 1. The van der Waals surface area contributed by atoms with Crippen LogP contribution < -0.4 is 15.8 Å².